The number of rotatable bonds is 1. The number of hydrogen-bond acceptors (Lipinski definition) is 4. The zero-order valence-electron chi connectivity index (χ0n) is 16.7. The Labute approximate surface area is 165 Å². The molecule has 2 aromatic carbocycles. The number of benzene rings is 2. The van der Waals surface area contributed by atoms with Gasteiger partial charge in [-0.15, -0.1) is 0 Å². The minimum Gasteiger partial charge on any atom is -0.496 e. The van der Waals surface area contributed by atoms with Crippen molar-refractivity contribution in [2.45, 2.75) is 38.7 Å². The Morgan fingerprint density at radius 2 is 2.00 bits per heavy atom. The van der Waals surface area contributed by atoms with Crippen LogP contribution in [0.25, 0.3) is 6.08 Å². The van der Waals surface area contributed by atoms with Gasteiger partial charge in [0.25, 0.3) is 0 Å². The smallest absolute Gasteiger partial charge is 0.171 e. The number of ketones is 1. The average Bonchev–Trinajstić information content (AvgIpc) is 2.66. The highest BCUT2D eigenvalue weighted by atomic mass is 16.5. The zero-order chi connectivity index (χ0) is 19.6. The molecule has 0 aromatic heterocycles. The first-order chi connectivity index (χ1) is 13.4. The molecule has 144 valence electrons. The first-order valence-corrected chi connectivity index (χ1v) is 9.77. The van der Waals surface area contributed by atoms with E-state index in [1.165, 1.54) is 0 Å². The van der Waals surface area contributed by atoms with Crippen LogP contribution in [0.5, 0.6) is 17.2 Å². The van der Waals surface area contributed by atoms with Crippen LogP contribution in [0.4, 0.5) is 0 Å². The van der Waals surface area contributed by atoms with E-state index in [4.69, 9.17) is 14.2 Å². The van der Waals surface area contributed by atoms with Crippen LogP contribution in [0.3, 0.4) is 0 Å². The van der Waals surface area contributed by atoms with E-state index in [0.717, 1.165) is 51.5 Å². The fraction of sp³-hybridized carbons (Fsp3) is 0.375. The van der Waals surface area contributed by atoms with E-state index in [9.17, 15) is 4.79 Å². The number of fused-ring (bicyclic) bond motifs is 6. The topological polar surface area (TPSA) is 44.8 Å². The van der Waals surface area contributed by atoms with Crippen molar-refractivity contribution >= 4 is 11.9 Å². The van der Waals surface area contributed by atoms with Crippen LogP contribution in [-0.2, 0) is 6.42 Å². The lowest BCUT2D eigenvalue weighted by Crippen LogP contribution is -2.37. The molecular weight excluding hydrogens is 352 g/mol. The molecule has 0 spiro atoms. The molecule has 0 radical (unpaired) electrons. The summed E-state index contributed by atoms with van der Waals surface area (Å²) < 4.78 is 17.7. The second-order valence-corrected chi connectivity index (χ2v) is 8.52. The second-order valence-electron chi connectivity index (χ2n) is 8.52. The molecule has 0 fully saturated rings. The van der Waals surface area contributed by atoms with Crippen molar-refractivity contribution in [2.24, 2.45) is 5.92 Å². The van der Waals surface area contributed by atoms with E-state index in [1.807, 2.05) is 45.0 Å². The maximum Gasteiger partial charge on any atom is 0.171 e. The van der Waals surface area contributed by atoms with Crippen molar-refractivity contribution in [2.75, 3.05) is 13.7 Å². The molecule has 2 heterocycles. The van der Waals surface area contributed by atoms with Crippen molar-refractivity contribution in [3.8, 4) is 17.2 Å². The summed E-state index contributed by atoms with van der Waals surface area (Å²) in [6.45, 7) is 6.61. The average molecular weight is 376 g/mol. The van der Waals surface area contributed by atoms with Gasteiger partial charge in [-0.1, -0.05) is 6.08 Å². The predicted octanol–water partition coefficient (Wildman–Crippen LogP) is 4.72. The van der Waals surface area contributed by atoms with Gasteiger partial charge in [0, 0.05) is 22.6 Å². The molecule has 2 aromatic rings. The number of Topliss-reactive ketones (excluding diaryl/α,β-unsaturated/α-hetero) is 1. The zero-order valence-corrected chi connectivity index (χ0v) is 16.7. The first kappa shape index (κ1) is 17.4. The van der Waals surface area contributed by atoms with Crippen LogP contribution >= 0.6 is 0 Å². The van der Waals surface area contributed by atoms with Crippen LogP contribution in [0.1, 0.15) is 52.4 Å². The summed E-state index contributed by atoms with van der Waals surface area (Å²) in [7, 11) is 1.66. The summed E-state index contributed by atoms with van der Waals surface area (Å²) in [5.74, 6) is 2.56. The number of carbonyl (C=O) groups is 1. The van der Waals surface area contributed by atoms with Crippen LogP contribution < -0.4 is 14.2 Å². The SMILES string of the molecule is COc1cc2c(cc1C)OC[C@H]1Cc3c(ccc4c3C=CC(C)(C)O4)C(=O)[C@@H]21. The predicted molar refractivity (Wildman–Crippen MR) is 108 cm³/mol. The lowest BCUT2D eigenvalue weighted by molar-refractivity contribution is 0.0850. The maximum atomic E-state index is 13.6. The summed E-state index contributed by atoms with van der Waals surface area (Å²) >= 11 is 0. The highest BCUT2D eigenvalue weighted by molar-refractivity contribution is 6.05. The third-order valence-corrected chi connectivity index (χ3v) is 6.14. The standard InChI is InChI=1S/C24H24O4/c1-13-9-21-18(11-20(13)26-4)22-14(12-27-21)10-17-15-7-8-24(2,3)28-19(15)6-5-16(17)23(22)25/h5-9,11,14,22H,10,12H2,1-4H3/t14-,22-/m1/s1. The molecule has 0 saturated carbocycles. The van der Waals surface area contributed by atoms with E-state index >= 15 is 0 Å². The summed E-state index contributed by atoms with van der Waals surface area (Å²) in [5.41, 5.74) is 4.56. The van der Waals surface area contributed by atoms with E-state index in [2.05, 4.69) is 12.2 Å². The Morgan fingerprint density at radius 3 is 2.79 bits per heavy atom. The molecule has 0 amide bonds. The van der Waals surface area contributed by atoms with Crippen LogP contribution in [0.15, 0.2) is 30.3 Å². The van der Waals surface area contributed by atoms with E-state index in [-0.39, 0.29) is 23.2 Å². The highest BCUT2D eigenvalue weighted by Gasteiger charge is 2.43. The van der Waals surface area contributed by atoms with Crippen molar-refractivity contribution in [3.63, 3.8) is 0 Å². The van der Waals surface area contributed by atoms with Crippen LogP contribution in [0.2, 0.25) is 0 Å². The van der Waals surface area contributed by atoms with Crippen LogP contribution in [-0.4, -0.2) is 25.1 Å². The van der Waals surface area contributed by atoms with Crippen molar-refractivity contribution in [3.05, 3.63) is 58.2 Å². The molecule has 4 nitrogen and oxygen atoms in total. The molecular formula is C24H24O4. The third kappa shape index (κ3) is 2.47. The number of aryl methyl sites for hydroxylation is 1. The minimum absolute atomic E-state index is 0.120. The molecule has 4 heteroatoms. The molecule has 0 saturated heterocycles. The van der Waals surface area contributed by atoms with Gasteiger partial charge in [0.05, 0.1) is 19.6 Å². The Balaban J connectivity index is 1.62. The van der Waals surface area contributed by atoms with Gasteiger partial charge in [-0.2, -0.15) is 0 Å². The van der Waals surface area contributed by atoms with E-state index in [1.54, 1.807) is 7.11 Å². The summed E-state index contributed by atoms with van der Waals surface area (Å²) in [4.78, 5) is 13.6. The number of hydrogen-bond donors (Lipinski definition) is 0. The molecule has 0 bridgehead atoms. The summed E-state index contributed by atoms with van der Waals surface area (Å²) in [5, 5.41) is 0. The van der Waals surface area contributed by atoms with Gasteiger partial charge in [-0.3, -0.25) is 4.79 Å². The minimum atomic E-state index is -0.330. The Morgan fingerprint density at radius 1 is 1.18 bits per heavy atom. The van der Waals surface area contributed by atoms with Gasteiger partial charge < -0.3 is 14.2 Å². The lowest BCUT2D eigenvalue weighted by atomic mass is 9.69. The van der Waals surface area contributed by atoms with Crippen molar-refractivity contribution in [1.82, 2.24) is 0 Å². The fourth-order valence-electron chi connectivity index (χ4n) is 4.74. The molecule has 2 aliphatic heterocycles. The fourth-order valence-corrected chi connectivity index (χ4v) is 4.74. The Kier molecular flexibility index (Phi) is 3.64. The molecule has 5 rings (SSSR count). The first-order valence-electron chi connectivity index (χ1n) is 9.77. The van der Waals surface area contributed by atoms with Crippen LogP contribution in [0, 0.1) is 12.8 Å². The molecule has 0 N–H and O–H groups in total. The molecule has 1 aliphatic carbocycles. The van der Waals surface area contributed by atoms with Gasteiger partial charge in [-0.25, -0.2) is 0 Å². The Bertz CT molecular complexity index is 1030. The highest BCUT2D eigenvalue weighted by Crippen LogP contribution is 2.48. The maximum absolute atomic E-state index is 13.6. The number of ether oxygens (including phenoxy) is 3. The van der Waals surface area contributed by atoms with Gasteiger partial charge in [0.2, 0.25) is 0 Å². The molecule has 0 unspecified atom stereocenters. The lowest BCUT2D eigenvalue weighted by Gasteiger charge is -2.38. The second kappa shape index (κ2) is 5.87. The van der Waals surface area contributed by atoms with Crippen molar-refractivity contribution in [1.29, 1.82) is 0 Å². The normalized spacial score (nSPS) is 23.5. The van der Waals surface area contributed by atoms with Gasteiger partial charge in [0.15, 0.2) is 5.78 Å². The third-order valence-electron chi connectivity index (χ3n) is 6.14. The largest absolute Gasteiger partial charge is 0.496 e. The van der Waals surface area contributed by atoms with E-state index < -0.39 is 0 Å². The summed E-state index contributed by atoms with van der Waals surface area (Å²) in [6.07, 6.45) is 4.97. The molecule has 3 aliphatic rings. The van der Waals surface area contributed by atoms with Gasteiger partial charge in [0.1, 0.15) is 22.8 Å². The number of carbonyl (C=O) groups excluding carboxylic acids is 1. The summed E-state index contributed by atoms with van der Waals surface area (Å²) in [6, 6.07) is 7.84. The Hall–Kier alpha value is -2.75. The molecule has 28 heavy (non-hydrogen) atoms. The van der Waals surface area contributed by atoms with Crippen molar-refractivity contribution < 1.29 is 19.0 Å². The monoisotopic (exact) mass is 376 g/mol. The molecule has 2 atom stereocenters. The van der Waals surface area contributed by atoms with Gasteiger partial charge >= 0.3 is 0 Å². The quantitative estimate of drug-likeness (QED) is 0.722. The van der Waals surface area contributed by atoms with Gasteiger partial charge in [-0.05, 0) is 68.7 Å². The van der Waals surface area contributed by atoms with E-state index in [0.29, 0.717) is 6.61 Å². The number of methoxy groups -OCH3 is 1.